The van der Waals surface area contributed by atoms with E-state index in [1.807, 2.05) is 6.92 Å². The first-order valence-corrected chi connectivity index (χ1v) is 10.8. The highest BCUT2D eigenvalue weighted by molar-refractivity contribution is 7.91. The average molecular weight is 437 g/mol. The number of sulfone groups is 1. The minimum Gasteiger partial charge on any atom is -0.494 e. The number of aromatic nitrogens is 1. The number of oxazole rings is 1. The maximum atomic E-state index is 13.1. The van der Waals surface area contributed by atoms with Crippen LogP contribution in [0.25, 0.3) is 11.5 Å². The molecule has 0 radical (unpaired) electrons. The Hall–Kier alpha value is -2.55. The highest BCUT2D eigenvalue weighted by Crippen LogP contribution is 2.33. The summed E-state index contributed by atoms with van der Waals surface area (Å²) in [5, 5.41) is 3.19. The first kappa shape index (κ1) is 21.2. The summed E-state index contributed by atoms with van der Waals surface area (Å²) in [5.41, 5.74) is 0.626. The van der Waals surface area contributed by atoms with E-state index in [1.54, 1.807) is 31.4 Å². The van der Waals surface area contributed by atoms with E-state index in [0.717, 1.165) is 0 Å². The molecular formula is C20H21ClN2O5S. The molecule has 0 fully saturated rings. The van der Waals surface area contributed by atoms with Crippen LogP contribution in [0.1, 0.15) is 6.92 Å². The van der Waals surface area contributed by atoms with Gasteiger partial charge in [-0.25, -0.2) is 8.42 Å². The van der Waals surface area contributed by atoms with Gasteiger partial charge in [0.2, 0.25) is 26.6 Å². The fourth-order valence-corrected chi connectivity index (χ4v) is 3.98. The van der Waals surface area contributed by atoms with Gasteiger partial charge >= 0.3 is 0 Å². The fourth-order valence-electron chi connectivity index (χ4n) is 2.58. The molecule has 0 aliphatic rings. The Morgan fingerprint density at radius 1 is 1.10 bits per heavy atom. The summed E-state index contributed by atoms with van der Waals surface area (Å²) in [5.74, 6) is 0.941. The SMILES string of the molecule is CCOc1ccc(-c2nc(S(=O)(=O)c3ccc(Cl)cc3)c(NCCOC)o2)cc1. The van der Waals surface area contributed by atoms with Gasteiger partial charge in [-0.1, -0.05) is 11.6 Å². The number of halogens is 1. The smallest absolute Gasteiger partial charge is 0.233 e. The highest BCUT2D eigenvalue weighted by atomic mass is 35.5. The Labute approximate surface area is 174 Å². The summed E-state index contributed by atoms with van der Waals surface area (Å²) >= 11 is 5.88. The van der Waals surface area contributed by atoms with Crippen molar-refractivity contribution < 1.29 is 22.3 Å². The lowest BCUT2D eigenvalue weighted by Crippen LogP contribution is -2.11. The Bertz CT molecular complexity index is 1050. The standard InChI is InChI=1S/C20H21ClN2O5S/c1-3-27-16-8-4-14(5-9-16)18-23-20(19(28-18)22-12-13-26-2)29(24,25)17-10-6-15(21)7-11-17/h4-11,22H,3,12-13H2,1-2H3. The van der Waals surface area contributed by atoms with Crippen LogP contribution in [-0.4, -0.2) is 40.3 Å². The predicted octanol–water partition coefficient (Wildman–Crippen LogP) is 4.28. The molecule has 7 nitrogen and oxygen atoms in total. The van der Waals surface area contributed by atoms with Gasteiger partial charge in [-0.15, -0.1) is 0 Å². The molecule has 0 unspecified atom stereocenters. The first-order valence-electron chi connectivity index (χ1n) is 8.93. The number of methoxy groups -OCH3 is 1. The first-order chi connectivity index (χ1) is 14.0. The third-order valence-electron chi connectivity index (χ3n) is 3.98. The third kappa shape index (κ3) is 4.90. The molecule has 0 atom stereocenters. The molecule has 29 heavy (non-hydrogen) atoms. The lowest BCUT2D eigenvalue weighted by atomic mass is 10.2. The number of nitrogens with zero attached hydrogens (tertiary/aromatic N) is 1. The van der Waals surface area contributed by atoms with Crippen molar-refractivity contribution >= 4 is 27.3 Å². The van der Waals surface area contributed by atoms with E-state index >= 15 is 0 Å². The highest BCUT2D eigenvalue weighted by Gasteiger charge is 2.28. The molecule has 3 rings (SSSR count). The number of rotatable bonds is 9. The zero-order valence-corrected chi connectivity index (χ0v) is 17.6. The van der Waals surface area contributed by atoms with Crippen LogP contribution < -0.4 is 10.1 Å². The summed E-state index contributed by atoms with van der Waals surface area (Å²) in [6.07, 6.45) is 0. The van der Waals surface area contributed by atoms with Crippen LogP contribution in [0.3, 0.4) is 0 Å². The summed E-state index contributed by atoms with van der Waals surface area (Å²) in [6, 6.07) is 13.0. The van der Waals surface area contributed by atoms with Gasteiger partial charge in [-0.05, 0) is 55.5 Å². The second-order valence-electron chi connectivity index (χ2n) is 5.99. The van der Waals surface area contributed by atoms with E-state index in [1.165, 1.54) is 24.3 Å². The second kappa shape index (κ2) is 9.30. The Morgan fingerprint density at radius 2 is 1.79 bits per heavy atom. The van der Waals surface area contributed by atoms with Gasteiger partial charge in [0.25, 0.3) is 0 Å². The average Bonchev–Trinajstić information content (AvgIpc) is 3.14. The second-order valence-corrected chi connectivity index (χ2v) is 8.29. The predicted molar refractivity (Wildman–Crippen MR) is 110 cm³/mol. The third-order valence-corrected chi connectivity index (χ3v) is 5.91. The van der Waals surface area contributed by atoms with Crippen molar-refractivity contribution in [1.29, 1.82) is 0 Å². The number of hydrogen-bond acceptors (Lipinski definition) is 7. The molecule has 0 amide bonds. The molecule has 0 spiro atoms. The van der Waals surface area contributed by atoms with Crippen LogP contribution in [0.15, 0.2) is 62.9 Å². The molecule has 1 heterocycles. The lowest BCUT2D eigenvalue weighted by molar-refractivity contribution is 0.210. The maximum absolute atomic E-state index is 13.1. The van der Waals surface area contributed by atoms with E-state index in [2.05, 4.69) is 10.3 Å². The summed E-state index contributed by atoms with van der Waals surface area (Å²) in [7, 11) is -2.36. The van der Waals surface area contributed by atoms with Crippen molar-refractivity contribution in [3.05, 3.63) is 53.6 Å². The number of anilines is 1. The van der Waals surface area contributed by atoms with Gasteiger partial charge < -0.3 is 19.2 Å². The van der Waals surface area contributed by atoms with Crippen molar-refractivity contribution in [1.82, 2.24) is 4.98 Å². The van der Waals surface area contributed by atoms with Crippen LogP contribution in [0.4, 0.5) is 5.88 Å². The minimum atomic E-state index is -3.92. The molecule has 0 aliphatic heterocycles. The number of ether oxygens (including phenoxy) is 2. The topological polar surface area (TPSA) is 90.7 Å². The van der Waals surface area contributed by atoms with Crippen LogP contribution in [0.5, 0.6) is 5.75 Å². The van der Waals surface area contributed by atoms with Gasteiger partial charge in [0.15, 0.2) is 0 Å². The monoisotopic (exact) mass is 436 g/mol. The number of nitrogens with one attached hydrogen (secondary N) is 1. The quantitative estimate of drug-likeness (QED) is 0.500. The van der Waals surface area contributed by atoms with Crippen molar-refractivity contribution in [3.8, 4) is 17.2 Å². The molecular weight excluding hydrogens is 416 g/mol. The van der Waals surface area contributed by atoms with E-state index in [0.29, 0.717) is 36.1 Å². The van der Waals surface area contributed by atoms with E-state index in [4.69, 9.17) is 25.5 Å². The molecule has 0 saturated heterocycles. The van der Waals surface area contributed by atoms with Crippen molar-refractivity contribution in [3.63, 3.8) is 0 Å². The molecule has 154 valence electrons. The lowest BCUT2D eigenvalue weighted by Gasteiger charge is -2.05. The van der Waals surface area contributed by atoms with Gasteiger partial charge in [0, 0.05) is 24.2 Å². The Balaban J connectivity index is 2.01. The van der Waals surface area contributed by atoms with Crippen LogP contribution in [0.2, 0.25) is 5.02 Å². The van der Waals surface area contributed by atoms with Crippen LogP contribution in [0, 0.1) is 0 Å². The van der Waals surface area contributed by atoms with Gasteiger partial charge in [0.05, 0.1) is 18.1 Å². The Kier molecular flexibility index (Phi) is 6.79. The van der Waals surface area contributed by atoms with Gasteiger partial charge in [-0.2, -0.15) is 4.98 Å². The molecule has 9 heteroatoms. The summed E-state index contributed by atoms with van der Waals surface area (Å²) in [4.78, 5) is 4.35. The molecule has 3 aromatic rings. The Morgan fingerprint density at radius 3 is 2.41 bits per heavy atom. The molecule has 0 bridgehead atoms. The summed E-state index contributed by atoms with van der Waals surface area (Å²) in [6.45, 7) is 3.18. The van der Waals surface area contributed by atoms with E-state index in [9.17, 15) is 8.42 Å². The summed E-state index contributed by atoms with van der Waals surface area (Å²) < 4.78 is 42.4. The maximum Gasteiger partial charge on any atom is 0.233 e. The molecule has 1 N–H and O–H groups in total. The normalized spacial score (nSPS) is 11.4. The van der Waals surface area contributed by atoms with Crippen LogP contribution in [-0.2, 0) is 14.6 Å². The van der Waals surface area contributed by atoms with Crippen molar-refractivity contribution in [2.75, 3.05) is 32.2 Å². The molecule has 0 aliphatic carbocycles. The molecule has 1 aromatic heterocycles. The molecule has 0 saturated carbocycles. The zero-order chi connectivity index (χ0) is 20.9. The minimum absolute atomic E-state index is 0.0564. The van der Waals surface area contributed by atoms with Crippen LogP contribution >= 0.6 is 11.6 Å². The number of hydrogen-bond donors (Lipinski definition) is 1. The van der Waals surface area contributed by atoms with Crippen molar-refractivity contribution in [2.24, 2.45) is 0 Å². The molecule has 2 aromatic carbocycles. The van der Waals surface area contributed by atoms with E-state index < -0.39 is 9.84 Å². The largest absolute Gasteiger partial charge is 0.494 e. The number of benzene rings is 2. The van der Waals surface area contributed by atoms with E-state index in [-0.39, 0.29) is 21.7 Å². The fraction of sp³-hybridized carbons (Fsp3) is 0.250. The van der Waals surface area contributed by atoms with Gasteiger partial charge in [0.1, 0.15) is 5.75 Å². The van der Waals surface area contributed by atoms with Crippen molar-refractivity contribution in [2.45, 2.75) is 16.8 Å². The zero-order valence-electron chi connectivity index (χ0n) is 16.0. The van der Waals surface area contributed by atoms with Gasteiger partial charge in [-0.3, -0.25) is 0 Å².